The van der Waals surface area contributed by atoms with Crippen molar-refractivity contribution in [2.45, 2.75) is 66.1 Å². The molecule has 0 aliphatic carbocycles. The highest BCUT2D eigenvalue weighted by Crippen LogP contribution is 2.33. The van der Waals surface area contributed by atoms with Gasteiger partial charge in [0.1, 0.15) is 17.4 Å². The Bertz CT molecular complexity index is 1520. The number of ether oxygens (including phenoxy) is 2. The van der Waals surface area contributed by atoms with Gasteiger partial charge < -0.3 is 9.47 Å². The first-order valence-corrected chi connectivity index (χ1v) is 12.6. The summed E-state index contributed by atoms with van der Waals surface area (Å²) in [5.74, 6) is 0.270. The van der Waals surface area contributed by atoms with Gasteiger partial charge in [0.15, 0.2) is 17.6 Å². The Hall–Kier alpha value is -3.92. The van der Waals surface area contributed by atoms with Gasteiger partial charge >= 0.3 is 5.97 Å². The Morgan fingerprint density at radius 1 is 1.21 bits per heavy atom. The number of halogens is 1. The largest absolute Gasteiger partial charge is 0.478 e. The summed E-state index contributed by atoms with van der Waals surface area (Å²) >= 11 is 6.50. The van der Waals surface area contributed by atoms with E-state index in [-0.39, 0.29) is 29.1 Å². The van der Waals surface area contributed by atoms with E-state index in [9.17, 15) is 14.9 Å². The predicted octanol–water partition coefficient (Wildman–Crippen LogP) is 6.10. The molecule has 0 aliphatic rings. The number of hydrogen-bond donors (Lipinski definition) is 1. The van der Waals surface area contributed by atoms with Gasteiger partial charge in [0.2, 0.25) is 0 Å². The number of hydrogen-bond acceptors (Lipinski definition) is 7. The van der Waals surface area contributed by atoms with E-state index < -0.39 is 17.0 Å². The molecule has 0 bridgehead atoms. The lowest BCUT2D eigenvalue weighted by atomic mass is 9.92. The van der Waals surface area contributed by atoms with Crippen molar-refractivity contribution in [3.8, 4) is 17.1 Å². The summed E-state index contributed by atoms with van der Waals surface area (Å²) in [7, 11) is 0. The third kappa shape index (κ3) is 5.50. The number of carbonyl (C=O) groups is 1. The highest BCUT2D eigenvalue weighted by molar-refractivity contribution is 6.34. The van der Waals surface area contributed by atoms with E-state index in [0.717, 1.165) is 16.8 Å². The number of nitrogens with one attached hydrogen (secondary N) is 1. The minimum Gasteiger partial charge on any atom is -0.478 e. The van der Waals surface area contributed by atoms with Crippen LogP contribution in [0.5, 0.6) is 5.75 Å². The number of rotatable bonds is 8. The summed E-state index contributed by atoms with van der Waals surface area (Å²) in [5.41, 5.74) is 3.44. The van der Waals surface area contributed by atoms with Crippen molar-refractivity contribution >= 4 is 28.9 Å². The van der Waals surface area contributed by atoms with E-state index in [4.69, 9.17) is 21.1 Å². The van der Waals surface area contributed by atoms with Gasteiger partial charge in [-0.15, -0.1) is 5.10 Å². The van der Waals surface area contributed by atoms with Crippen LogP contribution in [0.2, 0.25) is 5.02 Å². The Morgan fingerprint density at radius 3 is 2.55 bits per heavy atom. The van der Waals surface area contributed by atoms with Crippen LogP contribution in [0.1, 0.15) is 56.5 Å². The van der Waals surface area contributed by atoms with Crippen LogP contribution >= 0.6 is 11.6 Å². The maximum Gasteiger partial charge on any atom is 0.347 e. The monoisotopic (exact) mass is 539 g/mol. The number of nitrogens with zero attached hydrogens (tertiary/aromatic N) is 4. The lowest BCUT2D eigenvalue weighted by Crippen LogP contribution is -2.29. The van der Waals surface area contributed by atoms with Crippen molar-refractivity contribution in [2.75, 3.05) is 0 Å². The van der Waals surface area contributed by atoms with Crippen molar-refractivity contribution < 1.29 is 19.2 Å². The molecule has 0 amide bonds. The number of aryl methyl sites for hydroxylation is 2. The van der Waals surface area contributed by atoms with Gasteiger partial charge in [-0.25, -0.2) is 9.78 Å². The topological polar surface area (TPSA) is 125 Å². The fourth-order valence-electron chi connectivity index (χ4n) is 4.04. The zero-order chi connectivity index (χ0) is 27.8. The van der Waals surface area contributed by atoms with Gasteiger partial charge in [-0.1, -0.05) is 63.1 Å². The number of nitro groups is 1. The van der Waals surface area contributed by atoms with Crippen LogP contribution in [0.3, 0.4) is 0 Å². The average molecular weight is 540 g/mol. The van der Waals surface area contributed by atoms with Crippen molar-refractivity contribution in [1.82, 2.24) is 19.8 Å². The minimum absolute atomic E-state index is 0.210. The molecule has 4 aromatic rings. The van der Waals surface area contributed by atoms with Crippen LogP contribution < -0.4 is 4.74 Å². The fraction of sp³-hybridized carbons (Fsp3) is 0.370. The summed E-state index contributed by atoms with van der Waals surface area (Å²) in [5, 5.41) is 19.8. The zero-order valence-electron chi connectivity index (χ0n) is 22.2. The van der Waals surface area contributed by atoms with E-state index in [1.807, 2.05) is 59.7 Å². The number of nitro benzene ring substituents is 1. The zero-order valence-corrected chi connectivity index (χ0v) is 22.9. The highest BCUT2D eigenvalue weighted by Gasteiger charge is 2.26. The summed E-state index contributed by atoms with van der Waals surface area (Å²) in [6.45, 7) is 11.4. The quantitative estimate of drug-likeness (QED) is 0.163. The molecule has 0 aliphatic heterocycles. The third-order valence-electron chi connectivity index (χ3n) is 6.13. The molecule has 0 spiro atoms. The first kappa shape index (κ1) is 27.1. The number of carbonyl (C=O) groups excluding carboxylic acids is 1. The summed E-state index contributed by atoms with van der Waals surface area (Å²) in [6, 6.07) is 10.2. The predicted molar refractivity (Wildman–Crippen MR) is 144 cm³/mol. The van der Waals surface area contributed by atoms with Crippen LogP contribution in [0.15, 0.2) is 36.4 Å². The van der Waals surface area contributed by atoms with E-state index >= 15 is 0 Å². The molecule has 200 valence electrons. The number of H-pyrrole nitrogens is 1. The molecule has 10 nitrogen and oxygen atoms in total. The number of aromatic amines is 1. The molecule has 1 atom stereocenters. The Labute approximate surface area is 225 Å². The molecule has 0 saturated heterocycles. The second-order valence-electron chi connectivity index (χ2n) is 10.2. The van der Waals surface area contributed by atoms with Crippen molar-refractivity contribution in [2.24, 2.45) is 0 Å². The van der Waals surface area contributed by atoms with Crippen molar-refractivity contribution in [3.63, 3.8) is 0 Å². The number of aromatic nitrogens is 4. The lowest BCUT2D eigenvalue weighted by molar-refractivity contribution is -0.385. The van der Waals surface area contributed by atoms with E-state index in [0.29, 0.717) is 28.4 Å². The molecule has 1 N–H and O–H groups in total. The molecule has 4 rings (SSSR count). The normalized spacial score (nSPS) is 12.5. The van der Waals surface area contributed by atoms with Gasteiger partial charge in [0, 0.05) is 17.0 Å². The third-order valence-corrected chi connectivity index (χ3v) is 6.49. The standard InChI is InChI=1S/C27H30ClN5O5/c1-7-20(38-21-11-8-15(2)12-16(21)3)26(34)37-14-18-10-9-17(13-19(18)33(35)36)24-29-25-22(28)23(27(4,5)6)30-32(25)31-24/h8-13,20,30H,7,14H2,1-6H3. The van der Waals surface area contributed by atoms with E-state index in [1.54, 1.807) is 6.07 Å². The molecule has 1 unspecified atom stereocenters. The molecule has 2 heterocycles. The molecule has 2 aromatic carbocycles. The summed E-state index contributed by atoms with van der Waals surface area (Å²) in [4.78, 5) is 28.5. The first-order chi connectivity index (χ1) is 17.9. The molecule has 0 saturated carbocycles. The van der Waals surface area contributed by atoms with Crippen LogP contribution in [0.4, 0.5) is 5.69 Å². The Morgan fingerprint density at radius 2 is 1.95 bits per heavy atom. The molecular formula is C27H30ClN5O5. The van der Waals surface area contributed by atoms with Gasteiger partial charge in [-0.2, -0.15) is 4.63 Å². The maximum absolute atomic E-state index is 12.7. The van der Waals surface area contributed by atoms with Crippen molar-refractivity contribution in [1.29, 1.82) is 0 Å². The summed E-state index contributed by atoms with van der Waals surface area (Å²) < 4.78 is 12.8. The first-order valence-electron chi connectivity index (χ1n) is 12.2. The fourth-order valence-corrected chi connectivity index (χ4v) is 4.49. The molecule has 11 heteroatoms. The molecule has 0 radical (unpaired) electrons. The molecule has 0 fully saturated rings. The summed E-state index contributed by atoms with van der Waals surface area (Å²) in [6.07, 6.45) is -0.457. The maximum atomic E-state index is 12.7. The van der Waals surface area contributed by atoms with Gasteiger partial charge in [-0.3, -0.25) is 15.2 Å². The van der Waals surface area contributed by atoms with Crippen molar-refractivity contribution in [3.05, 3.63) is 73.9 Å². The Kier molecular flexibility index (Phi) is 7.46. The van der Waals surface area contributed by atoms with Crippen LogP contribution in [0.25, 0.3) is 17.0 Å². The van der Waals surface area contributed by atoms with Gasteiger partial charge in [-0.05, 0) is 38.0 Å². The SMILES string of the molecule is CCC(Oc1ccc(C)cc1C)C(=O)OCc1ccc(-c2nc3c(Cl)c(C(C)(C)C)[nH]n3n2)cc1[N+](=O)[O-]. The van der Waals surface area contributed by atoms with E-state index in [2.05, 4.69) is 15.2 Å². The van der Waals surface area contributed by atoms with Crippen LogP contribution in [-0.4, -0.2) is 36.8 Å². The smallest absolute Gasteiger partial charge is 0.347 e. The number of esters is 1. The van der Waals surface area contributed by atoms with Crippen LogP contribution in [0, 0.1) is 24.0 Å². The second-order valence-corrected chi connectivity index (χ2v) is 10.6. The second kappa shape index (κ2) is 10.4. The number of benzene rings is 2. The lowest BCUT2D eigenvalue weighted by Gasteiger charge is -2.18. The number of fused-ring (bicyclic) bond motifs is 1. The minimum atomic E-state index is -0.838. The Balaban J connectivity index is 1.52. The van der Waals surface area contributed by atoms with Gasteiger partial charge in [0.05, 0.1) is 16.2 Å². The van der Waals surface area contributed by atoms with E-state index in [1.165, 1.54) is 16.8 Å². The van der Waals surface area contributed by atoms with Crippen LogP contribution in [-0.2, 0) is 21.6 Å². The average Bonchev–Trinajstić information content (AvgIpc) is 3.41. The molecule has 2 aromatic heterocycles. The van der Waals surface area contributed by atoms with Gasteiger partial charge in [0.25, 0.3) is 5.69 Å². The molecular weight excluding hydrogens is 510 g/mol. The highest BCUT2D eigenvalue weighted by atomic mass is 35.5. The molecule has 38 heavy (non-hydrogen) atoms.